The number of aromatic nitrogens is 2. The Bertz CT molecular complexity index is 730. The third-order valence-electron chi connectivity index (χ3n) is 3.72. The molecule has 0 radical (unpaired) electrons. The molecule has 7 nitrogen and oxygen atoms in total. The minimum Gasteiger partial charge on any atom is -0.359 e. The van der Waals surface area contributed by atoms with Crippen LogP contribution in [0.2, 0.25) is 5.02 Å². The Morgan fingerprint density at radius 3 is 2.81 bits per heavy atom. The smallest absolute Gasteiger partial charge is 0.224 e. The summed E-state index contributed by atoms with van der Waals surface area (Å²) in [6.45, 7) is 4.46. The quantitative estimate of drug-likeness (QED) is 0.588. The Morgan fingerprint density at radius 2 is 2.08 bits per heavy atom. The molecule has 2 heterocycles. The second-order valence-electron chi connectivity index (χ2n) is 6.26. The summed E-state index contributed by atoms with van der Waals surface area (Å²) >= 11 is 6.19. The number of anilines is 2. The number of benzene rings is 1. The van der Waals surface area contributed by atoms with Crippen LogP contribution in [0.1, 0.15) is 25.8 Å². The summed E-state index contributed by atoms with van der Waals surface area (Å²) in [5.41, 5.74) is 7.11. The highest BCUT2D eigenvalue weighted by molar-refractivity contribution is 6.32. The zero-order valence-electron chi connectivity index (χ0n) is 14.6. The molecule has 1 aliphatic rings. The summed E-state index contributed by atoms with van der Waals surface area (Å²) in [5, 5.41) is 6.76. The minimum absolute atomic E-state index is 0.0731. The van der Waals surface area contributed by atoms with Gasteiger partial charge in [-0.15, -0.1) is 0 Å². The summed E-state index contributed by atoms with van der Waals surface area (Å²) < 4.78 is 18.7. The van der Waals surface area contributed by atoms with Gasteiger partial charge in [-0.2, -0.15) is 4.98 Å². The summed E-state index contributed by atoms with van der Waals surface area (Å²) in [7, 11) is 0. The van der Waals surface area contributed by atoms with Gasteiger partial charge in [0.05, 0.1) is 18.5 Å². The fraction of sp³-hybridized carbons (Fsp3) is 0.412. The second kappa shape index (κ2) is 8.59. The van der Waals surface area contributed by atoms with E-state index in [1.807, 2.05) is 13.8 Å². The standard InChI is InChI=1S/C17H22ClFN6O/c1-10(2)26-15-7-14(24-25-15)22-16-13(18)9-21-17(23-16)20-8-11-3-5-12(19)6-4-11/h3-6,9-10,14-15,24-25H,7-8H2,1-2H3,(H2,20,21,22,23). The van der Waals surface area contributed by atoms with E-state index in [1.54, 1.807) is 12.1 Å². The van der Waals surface area contributed by atoms with Crippen molar-refractivity contribution in [2.45, 2.75) is 45.3 Å². The van der Waals surface area contributed by atoms with Crippen LogP contribution in [0.15, 0.2) is 30.5 Å². The molecule has 9 heteroatoms. The average Bonchev–Trinajstić information content (AvgIpc) is 3.03. The zero-order valence-corrected chi connectivity index (χ0v) is 15.3. The predicted molar refractivity (Wildman–Crippen MR) is 99.1 cm³/mol. The van der Waals surface area contributed by atoms with E-state index in [1.165, 1.54) is 18.3 Å². The molecule has 140 valence electrons. The lowest BCUT2D eigenvalue weighted by molar-refractivity contribution is -0.00368. The normalized spacial score (nSPS) is 19.7. The maximum atomic E-state index is 13.0. The fourth-order valence-corrected chi connectivity index (χ4v) is 2.69. The van der Waals surface area contributed by atoms with Crippen molar-refractivity contribution in [1.82, 2.24) is 20.8 Å². The molecule has 1 saturated heterocycles. The van der Waals surface area contributed by atoms with Crippen molar-refractivity contribution in [3.8, 4) is 0 Å². The van der Waals surface area contributed by atoms with Gasteiger partial charge < -0.3 is 15.4 Å². The van der Waals surface area contributed by atoms with E-state index in [0.29, 0.717) is 23.3 Å². The van der Waals surface area contributed by atoms with Crippen molar-refractivity contribution in [3.05, 3.63) is 46.9 Å². The van der Waals surface area contributed by atoms with Gasteiger partial charge in [0.15, 0.2) is 5.82 Å². The van der Waals surface area contributed by atoms with E-state index in [4.69, 9.17) is 16.3 Å². The number of ether oxygens (including phenoxy) is 1. The van der Waals surface area contributed by atoms with Crippen molar-refractivity contribution in [1.29, 1.82) is 0 Å². The van der Waals surface area contributed by atoms with Gasteiger partial charge in [0.25, 0.3) is 0 Å². The van der Waals surface area contributed by atoms with Gasteiger partial charge in [-0.05, 0) is 31.5 Å². The Balaban J connectivity index is 1.58. The van der Waals surface area contributed by atoms with Crippen molar-refractivity contribution in [2.24, 2.45) is 0 Å². The van der Waals surface area contributed by atoms with Crippen LogP contribution in [0.3, 0.4) is 0 Å². The van der Waals surface area contributed by atoms with Crippen LogP contribution < -0.4 is 21.5 Å². The van der Waals surface area contributed by atoms with E-state index < -0.39 is 0 Å². The molecule has 4 N–H and O–H groups in total. The SMILES string of the molecule is CC(C)OC1CC(Nc2nc(NCc3ccc(F)cc3)ncc2Cl)NN1. The molecule has 0 spiro atoms. The maximum Gasteiger partial charge on any atom is 0.224 e. The number of halogens is 2. The van der Waals surface area contributed by atoms with Crippen LogP contribution in [-0.2, 0) is 11.3 Å². The number of hydrogen-bond donors (Lipinski definition) is 4. The maximum absolute atomic E-state index is 13.0. The highest BCUT2D eigenvalue weighted by Gasteiger charge is 2.25. The van der Waals surface area contributed by atoms with Crippen LogP contribution >= 0.6 is 11.6 Å². The van der Waals surface area contributed by atoms with E-state index in [0.717, 1.165) is 12.0 Å². The first kappa shape index (κ1) is 18.8. The van der Waals surface area contributed by atoms with Gasteiger partial charge in [-0.1, -0.05) is 23.7 Å². The number of hydrogen-bond acceptors (Lipinski definition) is 7. The molecule has 0 aliphatic carbocycles. The molecule has 0 saturated carbocycles. The van der Waals surface area contributed by atoms with E-state index in [2.05, 4.69) is 31.5 Å². The summed E-state index contributed by atoms with van der Waals surface area (Å²) in [6.07, 6.45) is 2.24. The van der Waals surface area contributed by atoms with Gasteiger partial charge in [-0.25, -0.2) is 20.2 Å². The van der Waals surface area contributed by atoms with Crippen LogP contribution in [0.4, 0.5) is 16.2 Å². The average molecular weight is 381 g/mol. The first-order valence-electron chi connectivity index (χ1n) is 8.43. The van der Waals surface area contributed by atoms with Crippen molar-refractivity contribution >= 4 is 23.4 Å². The molecule has 2 atom stereocenters. The topological polar surface area (TPSA) is 83.1 Å². The highest BCUT2D eigenvalue weighted by Crippen LogP contribution is 2.22. The molecule has 1 aromatic heterocycles. The van der Waals surface area contributed by atoms with Crippen molar-refractivity contribution in [3.63, 3.8) is 0 Å². The first-order chi connectivity index (χ1) is 12.5. The Kier molecular flexibility index (Phi) is 6.20. The molecule has 0 amide bonds. The van der Waals surface area contributed by atoms with Crippen LogP contribution in [0.25, 0.3) is 0 Å². The molecule has 0 bridgehead atoms. The summed E-state index contributed by atoms with van der Waals surface area (Å²) in [4.78, 5) is 8.58. The van der Waals surface area contributed by atoms with Crippen LogP contribution in [0, 0.1) is 5.82 Å². The Hall–Kier alpha value is -2.00. The Labute approximate surface area is 156 Å². The summed E-state index contributed by atoms with van der Waals surface area (Å²) in [6, 6.07) is 6.25. The third-order valence-corrected chi connectivity index (χ3v) is 4.00. The van der Waals surface area contributed by atoms with E-state index >= 15 is 0 Å². The molecule has 26 heavy (non-hydrogen) atoms. The van der Waals surface area contributed by atoms with E-state index in [-0.39, 0.29) is 24.3 Å². The van der Waals surface area contributed by atoms with Gasteiger partial charge in [-0.3, -0.25) is 0 Å². The van der Waals surface area contributed by atoms with E-state index in [9.17, 15) is 4.39 Å². The van der Waals surface area contributed by atoms with Gasteiger partial charge >= 0.3 is 0 Å². The molecule has 2 aromatic rings. The van der Waals surface area contributed by atoms with Crippen molar-refractivity contribution < 1.29 is 9.13 Å². The minimum atomic E-state index is -0.264. The molecule has 1 aliphatic heterocycles. The van der Waals surface area contributed by atoms with Gasteiger partial charge in [0.1, 0.15) is 17.1 Å². The fourth-order valence-electron chi connectivity index (χ4n) is 2.54. The molecule has 1 fully saturated rings. The lowest BCUT2D eigenvalue weighted by Crippen LogP contribution is -2.38. The lowest BCUT2D eigenvalue weighted by atomic mass is 10.2. The molecule has 2 unspecified atom stereocenters. The number of nitrogens with zero attached hydrogens (tertiary/aromatic N) is 2. The largest absolute Gasteiger partial charge is 0.359 e. The zero-order chi connectivity index (χ0) is 18.5. The number of hydrazine groups is 1. The van der Waals surface area contributed by atoms with Crippen LogP contribution in [0.5, 0.6) is 0 Å². The second-order valence-corrected chi connectivity index (χ2v) is 6.67. The predicted octanol–water partition coefficient (Wildman–Crippen LogP) is 2.87. The molecule has 3 rings (SSSR count). The third kappa shape index (κ3) is 5.25. The van der Waals surface area contributed by atoms with Crippen molar-refractivity contribution in [2.75, 3.05) is 10.6 Å². The molecular weight excluding hydrogens is 359 g/mol. The monoisotopic (exact) mass is 380 g/mol. The number of rotatable bonds is 7. The molecular formula is C17H22ClFN6O. The first-order valence-corrected chi connectivity index (χ1v) is 8.81. The Morgan fingerprint density at radius 1 is 1.31 bits per heavy atom. The number of nitrogens with one attached hydrogen (secondary N) is 4. The van der Waals surface area contributed by atoms with Crippen LogP contribution in [-0.4, -0.2) is 28.5 Å². The lowest BCUT2D eigenvalue weighted by Gasteiger charge is -2.15. The summed E-state index contributed by atoms with van der Waals surface area (Å²) in [5.74, 6) is 0.690. The van der Waals surface area contributed by atoms with Gasteiger partial charge in [0, 0.05) is 13.0 Å². The molecule has 1 aromatic carbocycles. The van der Waals surface area contributed by atoms with Gasteiger partial charge in [0.2, 0.25) is 5.95 Å². The highest BCUT2D eigenvalue weighted by atomic mass is 35.5.